The minimum Gasteiger partial charge on any atom is -0.755 e. The second-order valence-electron chi connectivity index (χ2n) is 8.43. The van der Waals surface area contributed by atoms with E-state index in [1.807, 2.05) is 31.2 Å². The SMILES string of the molecule is Cc1c(N(CC(Cc2ccc(OC(F)(F)F)cc2)N2CCC(F)(F)C2)S(=O)[O-])sc2ccccc12. The smallest absolute Gasteiger partial charge is 0.573 e. The fraction of sp³-hybridized carbons (Fsp3) is 0.391. The summed E-state index contributed by atoms with van der Waals surface area (Å²) in [5.41, 5.74) is 1.35. The molecule has 0 amide bonds. The van der Waals surface area contributed by atoms with Crippen LogP contribution in [-0.4, -0.2) is 51.6 Å². The number of rotatable bonds is 8. The lowest BCUT2D eigenvalue weighted by Gasteiger charge is -2.34. The molecule has 2 atom stereocenters. The van der Waals surface area contributed by atoms with Crippen molar-refractivity contribution in [2.75, 3.05) is 23.9 Å². The molecule has 1 aromatic heterocycles. The largest absolute Gasteiger partial charge is 0.755 e. The van der Waals surface area contributed by atoms with E-state index in [2.05, 4.69) is 4.74 Å². The molecule has 2 unspecified atom stereocenters. The van der Waals surface area contributed by atoms with Crippen LogP contribution >= 0.6 is 11.3 Å². The number of anilines is 1. The molecule has 0 spiro atoms. The van der Waals surface area contributed by atoms with Crippen LogP contribution in [0.5, 0.6) is 5.75 Å². The number of nitrogens with zero attached hydrogens (tertiary/aromatic N) is 2. The Labute approximate surface area is 205 Å². The van der Waals surface area contributed by atoms with E-state index in [1.165, 1.54) is 27.8 Å². The van der Waals surface area contributed by atoms with Gasteiger partial charge < -0.3 is 9.29 Å². The first kappa shape index (κ1) is 25.8. The Kier molecular flexibility index (Phi) is 7.37. The fourth-order valence-corrected chi connectivity index (χ4v) is 6.27. The summed E-state index contributed by atoms with van der Waals surface area (Å²) < 4.78 is 96.0. The number of likely N-dealkylation sites (tertiary alicyclic amines) is 1. The fourth-order valence-electron chi connectivity index (χ4n) is 4.28. The molecular formula is C23H22F5N2O3S2-. The van der Waals surface area contributed by atoms with Gasteiger partial charge in [0.25, 0.3) is 5.92 Å². The van der Waals surface area contributed by atoms with Crippen molar-refractivity contribution in [2.45, 2.75) is 38.1 Å². The van der Waals surface area contributed by atoms with E-state index < -0.39 is 41.9 Å². The van der Waals surface area contributed by atoms with E-state index in [-0.39, 0.29) is 25.9 Å². The molecular weight excluding hydrogens is 511 g/mol. The second-order valence-corrected chi connectivity index (χ2v) is 10.3. The number of aryl methyl sites for hydroxylation is 1. The lowest BCUT2D eigenvalue weighted by atomic mass is 10.0. The first-order valence-corrected chi connectivity index (χ1v) is 12.6. The molecule has 0 saturated carbocycles. The van der Waals surface area contributed by atoms with Gasteiger partial charge >= 0.3 is 6.36 Å². The third kappa shape index (κ3) is 6.29. The Morgan fingerprint density at radius 3 is 2.46 bits per heavy atom. The van der Waals surface area contributed by atoms with Crippen molar-refractivity contribution >= 4 is 37.7 Å². The number of benzene rings is 2. The average molecular weight is 534 g/mol. The van der Waals surface area contributed by atoms with Gasteiger partial charge in [-0.15, -0.1) is 24.5 Å². The molecule has 2 heterocycles. The van der Waals surface area contributed by atoms with Crippen molar-refractivity contribution in [3.8, 4) is 5.75 Å². The molecule has 3 aromatic rings. The van der Waals surface area contributed by atoms with Crippen LogP contribution in [0, 0.1) is 6.92 Å². The summed E-state index contributed by atoms with van der Waals surface area (Å²) >= 11 is -1.37. The Morgan fingerprint density at radius 2 is 1.89 bits per heavy atom. The molecule has 0 bridgehead atoms. The summed E-state index contributed by atoms with van der Waals surface area (Å²) in [6.07, 6.45) is -5.00. The van der Waals surface area contributed by atoms with E-state index in [9.17, 15) is 30.7 Å². The summed E-state index contributed by atoms with van der Waals surface area (Å²) in [6.45, 7) is 1.29. The lowest BCUT2D eigenvalue weighted by molar-refractivity contribution is -0.274. The highest BCUT2D eigenvalue weighted by Crippen LogP contribution is 2.39. The van der Waals surface area contributed by atoms with Gasteiger partial charge in [-0.05, 0) is 48.1 Å². The number of fused-ring (bicyclic) bond motifs is 1. The van der Waals surface area contributed by atoms with Gasteiger partial charge in [-0.25, -0.2) is 8.78 Å². The zero-order valence-corrected chi connectivity index (χ0v) is 20.2. The first-order valence-electron chi connectivity index (χ1n) is 10.7. The number of alkyl halides is 5. The van der Waals surface area contributed by atoms with Crippen LogP contribution in [0.3, 0.4) is 0 Å². The molecule has 4 rings (SSSR count). The molecule has 1 aliphatic heterocycles. The van der Waals surface area contributed by atoms with E-state index in [0.717, 1.165) is 27.8 Å². The van der Waals surface area contributed by atoms with Gasteiger partial charge in [0.05, 0.1) is 6.54 Å². The van der Waals surface area contributed by atoms with E-state index >= 15 is 0 Å². The van der Waals surface area contributed by atoms with Crippen molar-refractivity contribution in [3.63, 3.8) is 0 Å². The first-order chi connectivity index (χ1) is 16.4. The van der Waals surface area contributed by atoms with Gasteiger partial charge in [0.2, 0.25) is 0 Å². The van der Waals surface area contributed by atoms with Crippen molar-refractivity contribution in [1.82, 2.24) is 4.90 Å². The van der Waals surface area contributed by atoms with Crippen molar-refractivity contribution in [3.05, 3.63) is 59.7 Å². The zero-order chi connectivity index (χ0) is 25.4. The third-order valence-electron chi connectivity index (χ3n) is 5.95. The van der Waals surface area contributed by atoms with E-state index in [0.29, 0.717) is 10.6 Å². The molecule has 1 saturated heterocycles. The highest BCUT2D eigenvalue weighted by Gasteiger charge is 2.41. The summed E-state index contributed by atoms with van der Waals surface area (Å²) in [5.74, 6) is -3.29. The maximum atomic E-state index is 14.0. The van der Waals surface area contributed by atoms with Crippen molar-refractivity contribution in [2.24, 2.45) is 0 Å². The molecule has 0 aliphatic carbocycles. The predicted molar refractivity (Wildman–Crippen MR) is 125 cm³/mol. The molecule has 1 aliphatic rings. The Bertz CT molecular complexity index is 1200. The van der Waals surface area contributed by atoms with Gasteiger partial charge in [-0.2, -0.15) is 0 Å². The molecule has 0 N–H and O–H groups in total. The van der Waals surface area contributed by atoms with E-state index in [1.54, 1.807) is 4.90 Å². The van der Waals surface area contributed by atoms with Gasteiger partial charge in [0.15, 0.2) is 0 Å². The van der Waals surface area contributed by atoms with Crippen LogP contribution in [0.25, 0.3) is 10.1 Å². The number of hydrogen-bond acceptors (Lipinski definition) is 5. The molecule has 1 fully saturated rings. The summed E-state index contributed by atoms with van der Waals surface area (Å²) in [4.78, 5) is 1.54. The topological polar surface area (TPSA) is 55.8 Å². The number of ether oxygens (including phenoxy) is 1. The standard InChI is InChI=1S/C23H23F5N2O3S2/c1-15-19-4-2-3-5-20(19)34-21(15)30(35(31)32)13-17(29-11-10-22(24,25)14-29)12-16-6-8-18(9-7-16)33-23(26,27)28/h2-9,17H,10-14H2,1H3,(H,31,32)/p-1. The maximum absolute atomic E-state index is 14.0. The average Bonchev–Trinajstić information content (AvgIpc) is 3.30. The van der Waals surface area contributed by atoms with Crippen LogP contribution in [0.1, 0.15) is 17.5 Å². The van der Waals surface area contributed by atoms with Crippen LogP contribution in [0.15, 0.2) is 48.5 Å². The maximum Gasteiger partial charge on any atom is 0.573 e. The van der Waals surface area contributed by atoms with Crippen molar-refractivity contribution in [1.29, 1.82) is 0 Å². The van der Waals surface area contributed by atoms with Crippen LogP contribution in [0.2, 0.25) is 0 Å². The highest BCUT2D eigenvalue weighted by molar-refractivity contribution is 7.81. The van der Waals surface area contributed by atoms with Gasteiger partial charge in [0, 0.05) is 41.5 Å². The lowest BCUT2D eigenvalue weighted by Crippen LogP contribution is -2.45. The summed E-state index contributed by atoms with van der Waals surface area (Å²) in [5, 5.41) is 1.41. The normalized spacial score (nSPS) is 18.0. The van der Waals surface area contributed by atoms with Gasteiger partial charge in [-0.1, -0.05) is 30.3 Å². The minimum atomic E-state index is -4.83. The Morgan fingerprint density at radius 1 is 1.20 bits per heavy atom. The summed E-state index contributed by atoms with van der Waals surface area (Å²) in [7, 11) is 0. The third-order valence-corrected chi connectivity index (χ3v) is 8.05. The van der Waals surface area contributed by atoms with Crippen molar-refractivity contribution < 1.29 is 35.5 Å². The second kappa shape index (κ2) is 10.00. The molecule has 5 nitrogen and oxygen atoms in total. The summed E-state index contributed by atoms with van der Waals surface area (Å²) in [6, 6.07) is 12.0. The van der Waals surface area contributed by atoms with Crippen LogP contribution in [-0.2, 0) is 17.7 Å². The Balaban J connectivity index is 1.61. The molecule has 12 heteroatoms. The monoisotopic (exact) mass is 533 g/mol. The molecule has 35 heavy (non-hydrogen) atoms. The van der Waals surface area contributed by atoms with Crippen LogP contribution < -0.4 is 9.04 Å². The molecule has 190 valence electrons. The minimum absolute atomic E-state index is 0.0810. The Hall–Kier alpha value is -2.28. The van der Waals surface area contributed by atoms with Gasteiger partial charge in [-0.3, -0.25) is 13.4 Å². The molecule has 0 radical (unpaired) electrons. The predicted octanol–water partition coefficient (Wildman–Crippen LogP) is 5.66. The zero-order valence-electron chi connectivity index (χ0n) is 18.6. The number of thiophene rings is 1. The van der Waals surface area contributed by atoms with E-state index in [4.69, 9.17) is 0 Å². The number of halogens is 5. The molecule has 2 aromatic carbocycles. The number of hydrogen-bond donors (Lipinski definition) is 0. The van der Waals surface area contributed by atoms with Gasteiger partial charge in [0.1, 0.15) is 10.8 Å². The highest BCUT2D eigenvalue weighted by atomic mass is 32.2. The van der Waals surface area contributed by atoms with Crippen LogP contribution in [0.4, 0.5) is 27.0 Å². The quantitative estimate of drug-likeness (QED) is 0.277.